The minimum atomic E-state index is -0.283. The highest BCUT2D eigenvalue weighted by Gasteiger charge is 2.16. The van der Waals surface area contributed by atoms with Crippen LogP contribution >= 0.6 is 0 Å². The Morgan fingerprint density at radius 2 is 2.13 bits per heavy atom. The lowest BCUT2D eigenvalue weighted by molar-refractivity contribution is -0.138. The van der Waals surface area contributed by atoms with E-state index in [-0.39, 0.29) is 23.9 Å². The van der Waals surface area contributed by atoms with Crippen molar-refractivity contribution in [1.29, 1.82) is 0 Å². The summed E-state index contributed by atoms with van der Waals surface area (Å²) in [6.07, 6.45) is 4.27. The van der Waals surface area contributed by atoms with Crippen LogP contribution in [0.4, 0.5) is 0 Å². The number of aryl methyl sites for hydroxylation is 1. The molecule has 0 aliphatic rings. The zero-order valence-electron chi connectivity index (χ0n) is 9.06. The standard InChI is InChI=1S/C12H15NO2/c1-9(2)12(15)11(14)6-5-10-4-3-7-13-8-10/h3-4,7-9H,5-6H2,1-2H3. The third kappa shape index (κ3) is 3.62. The molecule has 1 aromatic rings. The maximum Gasteiger partial charge on any atom is 0.200 e. The van der Waals surface area contributed by atoms with E-state index in [9.17, 15) is 9.59 Å². The zero-order valence-corrected chi connectivity index (χ0v) is 9.06. The third-order valence-corrected chi connectivity index (χ3v) is 2.16. The molecule has 0 amide bonds. The Hall–Kier alpha value is -1.51. The highest BCUT2D eigenvalue weighted by atomic mass is 16.2. The summed E-state index contributed by atoms with van der Waals surface area (Å²) in [4.78, 5) is 26.6. The summed E-state index contributed by atoms with van der Waals surface area (Å²) in [6, 6.07) is 3.73. The average molecular weight is 205 g/mol. The van der Waals surface area contributed by atoms with Crippen molar-refractivity contribution in [3.8, 4) is 0 Å². The summed E-state index contributed by atoms with van der Waals surface area (Å²) < 4.78 is 0. The van der Waals surface area contributed by atoms with Gasteiger partial charge in [-0.3, -0.25) is 14.6 Å². The van der Waals surface area contributed by atoms with Crippen LogP contribution in [-0.2, 0) is 16.0 Å². The van der Waals surface area contributed by atoms with Crippen LogP contribution in [0, 0.1) is 5.92 Å². The van der Waals surface area contributed by atoms with Gasteiger partial charge in [-0.15, -0.1) is 0 Å². The van der Waals surface area contributed by atoms with Gasteiger partial charge in [-0.05, 0) is 18.1 Å². The van der Waals surface area contributed by atoms with Gasteiger partial charge in [0.1, 0.15) is 0 Å². The van der Waals surface area contributed by atoms with Crippen molar-refractivity contribution >= 4 is 11.6 Å². The number of carbonyl (C=O) groups is 2. The van der Waals surface area contributed by atoms with Gasteiger partial charge in [0.2, 0.25) is 5.78 Å². The fraction of sp³-hybridized carbons (Fsp3) is 0.417. The number of aromatic nitrogens is 1. The van der Waals surface area contributed by atoms with Gasteiger partial charge in [0.05, 0.1) is 0 Å². The summed E-state index contributed by atoms with van der Waals surface area (Å²) in [5.74, 6) is -0.765. The maximum atomic E-state index is 11.4. The van der Waals surface area contributed by atoms with Crippen LogP contribution in [0.2, 0.25) is 0 Å². The smallest absolute Gasteiger partial charge is 0.200 e. The van der Waals surface area contributed by atoms with Crippen LogP contribution in [0.1, 0.15) is 25.8 Å². The van der Waals surface area contributed by atoms with Crippen LogP contribution in [0.5, 0.6) is 0 Å². The molecule has 15 heavy (non-hydrogen) atoms. The first-order valence-electron chi connectivity index (χ1n) is 5.07. The molecule has 0 spiro atoms. The van der Waals surface area contributed by atoms with Crippen LogP contribution in [0.25, 0.3) is 0 Å². The molecule has 0 atom stereocenters. The van der Waals surface area contributed by atoms with E-state index < -0.39 is 0 Å². The molecule has 0 unspecified atom stereocenters. The first kappa shape index (κ1) is 11.6. The number of nitrogens with zero attached hydrogens (tertiary/aromatic N) is 1. The summed E-state index contributed by atoms with van der Waals surface area (Å²) in [6.45, 7) is 3.48. The predicted molar refractivity (Wildman–Crippen MR) is 57.4 cm³/mol. The minimum absolute atomic E-state index is 0.202. The molecule has 0 fully saturated rings. The Morgan fingerprint density at radius 3 is 2.67 bits per heavy atom. The molecule has 3 nitrogen and oxygen atoms in total. The molecule has 0 aliphatic carbocycles. The SMILES string of the molecule is CC(C)C(=O)C(=O)CCc1cccnc1. The van der Waals surface area contributed by atoms with Gasteiger partial charge in [-0.2, -0.15) is 0 Å². The van der Waals surface area contributed by atoms with Gasteiger partial charge in [-0.1, -0.05) is 19.9 Å². The molecule has 3 heteroatoms. The fourth-order valence-corrected chi connectivity index (χ4v) is 1.25. The molecule has 1 heterocycles. The van der Waals surface area contributed by atoms with Crippen molar-refractivity contribution in [2.75, 3.05) is 0 Å². The fourth-order valence-electron chi connectivity index (χ4n) is 1.25. The number of pyridine rings is 1. The van der Waals surface area contributed by atoms with E-state index in [1.807, 2.05) is 12.1 Å². The van der Waals surface area contributed by atoms with Gasteiger partial charge < -0.3 is 0 Å². The Kier molecular flexibility index (Phi) is 4.16. The van der Waals surface area contributed by atoms with Crippen LogP contribution in [-0.4, -0.2) is 16.6 Å². The Balaban J connectivity index is 2.45. The van der Waals surface area contributed by atoms with Crippen LogP contribution in [0.3, 0.4) is 0 Å². The van der Waals surface area contributed by atoms with Crippen molar-refractivity contribution in [3.05, 3.63) is 30.1 Å². The predicted octanol–water partition coefficient (Wildman–Crippen LogP) is 1.81. The van der Waals surface area contributed by atoms with Crippen molar-refractivity contribution in [3.63, 3.8) is 0 Å². The lowest BCUT2D eigenvalue weighted by atomic mass is 10.0. The Labute approximate surface area is 89.5 Å². The van der Waals surface area contributed by atoms with Gasteiger partial charge in [0.15, 0.2) is 5.78 Å². The Bertz CT molecular complexity index is 344. The molecule has 1 aromatic heterocycles. The summed E-state index contributed by atoms with van der Waals surface area (Å²) in [5, 5.41) is 0. The monoisotopic (exact) mass is 205 g/mol. The summed E-state index contributed by atoms with van der Waals surface area (Å²) >= 11 is 0. The van der Waals surface area contributed by atoms with E-state index >= 15 is 0 Å². The molecule has 0 saturated heterocycles. The second-order valence-electron chi connectivity index (χ2n) is 3.80. The molecule has 0 saturated carbocycles. The molecular weight excluding hydrogens is 190 g/mol. The summed E-state index contributed by atoms with van der Waals surface area (Å²) in [5.41, 5.74) is 0.988. The lowest BCUT2D eigenvalue weighted by Crippen LogP contribution is -2.19. The van der Waals surface area contributed by atoms with Crippen LogP contribution < -0.4 is 0 Å². The van der Waals surface area contributed by atoms with Gasteiger partial charge in [0.25, 0.3) is 0 Å². The molecule has 80 valence electrons. The normalized spacial score (nSPS) is 10.3. The Morgan fingerprint density at radius 1 is 1.40 bits per heavy atom. The number of hydrogen-bond acceptors (Lipinski definition) is 3. The van der Waals surface area contributed by atoms with E-state index in [0.29, 0.717) is 6.42 Å². The highest BCUT2D eigenvalue weighted by Crippen LogP contribution is 2.04. The topological polar surface area (TPSA) is 47.0 Å². The van der Waals surface area contributed by atoms with Crippen LogP contribution in [0.15, 0.2) is 24.5 Å². The molecule has 0 bridgehead atoms. The minimum Gasteiger partial charge on any atom is -0.291 e. The number of hydrogen-bond donors (Lipinski definition) is 0. The maximum absolute atomic E-state index is 11.4. The van der Waals surface area contributed by atoms with Crippen molar-refractivity contribution < 1.29 is 9.59 Å². The van der Waals surface area contributed by atoms with Crippen molar-refractivity contribution in [2.24, 2.45) is 5.92 Å². The molecular formula is C12H15NO2. The van der Waals surface area contributed by atoms with Crippen molar-refractivity contribution in [2.45, 2.75) is 26.7 Å². The quantitative estimate of drug-likeness (QED) is 0.689. The van der Waals surface area contributed by atoms with Crippen molar-refractivity contribution in [1.82, 2.24) is 4.98 Å². The van der Waals surface area contributed by atoms with E-state index in [1.165, 1.54) is 0 Å². The lowest BCUT2D eigenvalue weighted by Gasteiger charge is -2.02. The van der Waals surface area contributed by atoms with Gasteiger partial charge >= 0.3 is 0 Å². The van der Waals surface area contributed by atoms with E-state index in [0.717, 1.165) is 5.56 Å². The number of rotatable bonds is 5. The number of carbonyl (C=O) groups excluding carboxylic acids is 2. The second-order valence-corrected chi connectivity index (χ2v) is 3.80. The third-order valence-electron chi connectivity index (χ3n) is 2.16. The number of ketones is 2. The van der Waals surface area contributed by atoms with E-state index in [4.69, 9.17) is 0 Å². The second kappa shape index (κ2) is 5.39. The largest absolute Gasteiger partial charge is 0.291 e. The molecule has 0 N–H and O–H groups in total. The molecule has 0 radical (unpaired) electrons. The summed E-state index contributed by atoms with van der Waals surface area (Å²) in [7, 11) is 0. The molecule has 1 rings (SSSR count). The van der Waals surface area contributed by atoms with Gasteiger partial charge in [-0.25, -0.2) is 0 Å². The van der Waals surface area contributed by atoms with Gasteiger partial charge in [0, 0.05) is 24.7 Å². The zero-order chi connectivity index (χ0) is 11.3. The number of Topliss-reactive ketones (excluding diaryl/α,β-unsaturated/α-hetero) is 2. The van der Waals surface area contributed by atoms with E-state index in [2.05, 4.69) is 4.98 Å². The first-order valence-corrected chi connectivity index (χ1v) is 5.07. The molecule has 0 aromatic carbocycles. The first-order chi connectivity index (χ1) is 7.11. The average Bonchev–Trinajstić information content (AvgIpc) is 2.26. The highest BCUT2D eigenvalue weighted by molar-refractivity contribution is 6.37. The van der Waals surface area contributed by atoms with E-state index in [1.54, 1.807) is 26.2 Å². The molecule has 0 aliphatic heterocycles.